The van der Waals surface area contributed by atoms with Gasteiger partial charge >= 0.3 is 0 Å². The van der Waals surface area contributed by atoms with Crippen molar-refractivity contribution in [1.29, 1.82) is 0 Å². The zero-order valence-electron chi connectivity index (χ0n) is 12.9. The first-order chi connectivity index (χ1) is 10.6. The van der Waals surface area contributed by atoms with Gasteiger partial charge in [-0.25, -0.2) is 15.0 Å². The summed E-state index contributed by atoms with van der Waals surface area (Å²) in [5.41, 5.74) is 1.08. The molecule has 0 bridgehead atoms. The number of aromatic nitrogens is 3. The van der Waals surface area contributed by atoms with E-state index in [1.54, 1.807) is 0 Å². The minimum atomic E-state index is 0.394. The van der Waals surface area contributed by atoms with Crippen molar-refractivity contribution in [2.75, 3.05) is 29.9 Å². The molecular weight excluding hydrogens is 342 g/mol. The van der Waals surface area contributed by atoms with Gasteiger partial charge in [-0.15, -0.1) is 0 Å². The maximum absolute atomic E-state index is 4.51. The molecular formula is C16H20BrN5. The zero-order chi connectivity index (χ0) is 15.5. The fraction of sp³-hybridized carbons (Fsp3) is 0.438. The molecule has 22 heavy (non-hydrogen) atoms. The average Bonchev–Trinajstić information content (AvgIpc) is 2.55. The van der Waals surface area contributed by atoms with Crippen LogP contribution in [0.4, 0.5) is 11.8 Å². The van der Waals surface area contributed by atoms with E-state index in [1.807, 2.05) is 37.6 Å². The highest BCUT2D eigenvalue weighted by molar-refractivity contribution is 9.10. The Hall–Kier alpha value is -1.69. The Kier molecular flexibility index (Phi) is 4.57. The van der Waals surface area contributed by atoms with Crippen molar-refractivity contribution in [3.63, 3.8) is 0 Å². The molecule has 0 aliphatic carbocycles. The van der Waals surface area contributed by atoms with Gasteiger partial charge in [-0.05, 0) is 53.4 Å². The molecule has 116 valence electrons. The third-order valence-corrected chi connectivity index (χ3v) is 4.68. The fourth-order valence-corrected chi connectivity index (χ4v) is 3.31. The van der Waals surface area contributed by atoms with Crippen molar-refractivity contribution in [2.45, 2.75) is 25.8 Å². The lowest BCUT2D eigenvalue weighted by molar-refractivity contribution is 0.480. The van der Waals surface area contributed by atoms with Crippen LogP contribution in [0, 0.1) is 6.92 Å². The van der Waals surface area contributed by atoms with Crippen LogP contribution >= 0.6 is 15.9 Å². The quantitative estimate of drug-likeness (QED) is 0.840. The van der Waals surface area contributed by atoms with E-state index in [-0.39, 0.29) is 0 Å². The van der Waals surface area contributed by atoms with E-state index in [1.165, 1.54) is 0 Å². The molecule has 3 rings (SSSR count). The second-order valence-corrected chi connectivity index (χ2v) is 6.58. The Morgan fingerprint density at radius 3 is 2.77 bits per heavy atom. The van der Waals surface area contributed by atoms with Crippen molar-refractivity contribution in [2.24, 2.45) is 0 Å². The van der Waals surface area contributed by atoms with Crippen LogP contribution in [0.5, 0.6) is 0 Å². The molecule has 1 aliphatic heterocycles. The molecule has 0 aromatic carbocycles. The number of hydrogen-bond acceptors (Lipinski definition) is 5. The second kappa shape index (κ2) is 6.60. The fourth-order valence-electron chi connectivity index (χ4n) is 2.80. The second-order valence-electron chi connectivity index (χ2n) is 5.72. The average molecular weight is 362 g/mol. The number of piperidine rings is 1. The first-order valence-electron chi connectivity index (χ1n) is 7.52. The highest BCUT2D eigenvalue weighted by Crippen LogP contribution is 2.27. The lowest BCUT2D eigenvalue weighted by Gasteiger charge is -2.38. The van der Waals surface area contributed by atoms with Crippen LogP contribution < -0.4 is 9.80 Å². The summed E-state index contributed by atoms with van der Waals surface area (Å²) in [5.74, 6) is 1.81. The number of hydrogen-bond donors (Lipinski definition) is 0. The van der Waals surface area contributed by atoms with E-state index in [4.69, 9.17) is 0 Å². The van der Waals surface area contributed by atoms with Crippen LogP contribution in [0.2, 0.25) is 0 Å². The summed E-state index contributed by atoms with van der Waals surface area (Å²) >= 11 is 3.60. The van der Waals surface area contributed by atoms with Gasteiger partial charge in [-0.2, -0.15) is 0 Å². The summed E-state index contributed by atoms with van der Waals surface area (Å²) < 4.78 is 1.05. The normalized spacial score (nSPS) is 18.3. The maximum atomic E-state index is 4.51. The lowest BCUT2D eigenvalue weighted by atomic mass is 10.0. The molecule has 2 aromatic rings. The highest BCUT2D eigenvalue weighted by Gasteiger charge is 2.26. The van der Waals surface area contributed by atoms with Gasteiger partial charge < -0.3 is 9.80 Å². The smallest absolute Gasteiger partial charge is 0.225 e. The Bertz CT molecular complexity index is 631. The Morgan fingerprint density at radius 2 is 2.05 bits per heavy atom. The van der Waals surface area contributed by atoms with Gasteiger partial charge in [0.2, 0.25) is 5.95 Å². The van der Waals surface area contributed by atoms with Crippen LogP contribution in [0.25, 0.3) is 0 Å². The van der Waals surface area contributed by atoms with Crippen LogP contribution in [0.3, 0.4) is 0 Å². The number of likely N-dealkylation sites (N-methyl/N-ethyl adjacent to an activating group) is 1. The zero-order valence-corrected chi connectivity index (χ0v) is 14.5. The minimum Gasteiger partial charge on any atom is -0.354 e. The molecule has 0 amide bonds. The van der Waals surface area contributed by atoms with Crippen molar-refractivity contribution in [1.82, 2.24) is 15.0 Å². The molecule has 1 aliphatic rings. The monoisotopic (exact) mass is 361 g/mol. The number of anilines is 2. The predicted molar refractivity (Wildman–Crippen MR) is 92.3 cm³/mol. The summed E-state index contributed by atoms with van der Waals surface area (Å²) in [6, 6.07) is 4.38. The maximum Gasteiger partial charge on any atom is 0.225 e. The van der Waals surface area contributed by atoms with Gasteiger partial charge in [-0.3, -0.25) is 0 Å². The molecule has 0 saturated carbocycles. The highest BCUT2D eigenvalue weighted by atomic mass is 79.9. The van der Waals surface area contributed by atoms with Crippen molar-refractivity contribution >= 4 is 27.7 Å². The van der Waals surface area contributed by atoms with E-state index in [0.29, 0.717) is 6.04 Å². The summed E-state index contributed by atoms with van der Waals surface area (Å²) in [7, 11) is 2.08. The number of nitrogens with zero attached hydrogens (tertiary/aromatic N) is 5. The van der Waals surface area contributed by atoms with Gasteiger partial charge in [0.1, 0.15) is 5.82 Å². The summed E-state index contributed by atoms with van der Waals surface area (Å²) in [5, 5.41) is 0. The third-order valence-electron chi connectivity index (χ3n) is 4.07. The first-order valence-corrected chi connectivity index (χ1v) is 8.31. The molecule has 0 spiro atoms. The molecule has 5 nitrogen and oxygen atoms in total. The Morgan fingerprint density at radius 1 is 1.27 bits per heavy atom. The van der Waals surface area contributed by atoms with Crippen molar-refractivity contribution in [3.05, 3.63) is 40.8 Å². The third kappa shape index (κ3) is 3.21. The molecule has 1 unspecified atom stereocenters. The van der Waals surface area contributed by atoms with Gasteiger partial charge in [0.15, 0.2) is 0 Å². The number of aryl methyl sites for hydroxylation is 1. The molecule has 1 saturated heterocycles. The SMILES string of the molecule is Cc1cnc(N(C)C2CCCN(c3ncccc3Br)C2)nc1. The molecule has 3 heterocycles. The van der Waals surface area contributed by atoms with E-state index in [9.17, 15) is 0 Å². The molecule has 0 N–H and O–H groups in total. The van der Waals surface area contributed by atoms with Crippen LogP contribution in [-0.2, 0) is 0 Å². The molecule has 6 heteroatoms. The summed E-state index contributed by atoms with van der Waals surface area (Å²) in [6.07, 6.45) is 7.87. The predicted octanol–water partition coefficient (Wildman–Crippen LogP) is 3.05. The van der Waals surface area contributed by atoms with E-state index < -0.39 is 0 Å². The van der Waals surface area contributed by atoms with Crippen molar-refractivity contribution in [3.8, 4) is 0 Å². The lowest BCUT2D eigenvalue weighted by Crippen LogP contribution is -2.47. The minimum absolute atomic E-state index is 0.394. The van der Waals surface area contributed by atoms with Gasteiger partial charge in [0.25, 0.3) is 0 Å². The topological polar surface area (TPSA) is 45.2 Å². The number of halogens is 1. The van der Waals surface area contributed by atoms with Gasteiger partial charge in [0.05, 0.1) is 4.47 Å². The molecule has 1 atom stereocenters. The molecule has 2 aromatic heterocycles. The van der Waals surface area contributed by atoms with Crippen LogP contribution in [0.15, 0.2) is 35.2 Å². The number of pyridine rings is 1. The Balaban J connectivity index is 1.75. The van der Waals surface area contributed by atoms with Crippen molar-refractivity contribution < 1.29 is 0 Å². The van der Waals surface area contributed by atoms with E-state index in [2.05, 4.69) is 47.7 Å². The molecule has 1 fully saturated rings. The van der Waals surface area contributed by atoms with E-state index >= 15 is 0 Å². The molecule has 0 radical (unpaired) electrons. The van der Waals surface area contributed by atoms with Gasteiger partial charge in [0, 0.05) is 44.8 Å². The summed E-state index contributed by atoms with van der Waals surface area (Å²) in [4.78, 5) is 17.9. The largest absolute Gasteiger partial charge is 0.354 e. The Labute approximate surface area is 139 Å². The van der Waals surface area contributed by atoms with E-state index in [0.717, 1.165) is 47.7 Å². The summed E-state index contributed by atoms with van der Waals surface area (Å²) in [6.45, 7) is 3.97. The van der Waals surface area contributed by atoms with Crippen LogP contribution in [-0.4, -0.2) is 41.1 Å². The number of rotatable bonds is 3. The van der Waals surface area contributed by atoms with Crippen LogP contribution in [0.1, 0.15) is 18.4 Å². The van der Waals surface area contributed by atoms with Gasteiger partial charge in [-0.1, -0.05) is 0 Å². The first kappa shape index (κ1) is 15.2. The standard InChI is InChI=1S/C16H20BrN5/c1-12-9-19-16(20-10-12)21(2)13-5-4-8-22(11-13)15-14(17)6-3-7-18-15/h3,6-7,9-10,13H,4-5,8,11H2,1-2H3.